The number of esters is 1. The molecule has 1 aromatic carbocycles. The van der Waals surface area contributed by atoms with Gasteiger partial charge in [0.1, 0.15) is 0 Å². The minimum absolute atomic E-state index is 0.170. The van der Waals surface area contributed by atoms with Gasteiger partial charge in [-0.05, 0) is 24.5 Å². The number of aromatic nitrogens is 1. The number of carbonyl (C=O) groups excluding carboxylic acids is 2. The normalized spacial score (nSPS) is 14.2. The molecule has 0 spiro atoms. The van der Waals surface area contributed by atoms with Crippen LogP contribution in [0.15, 0.2) is 35.7 Å². The van der Waals surface area contributed by atoms with Gasteiger partial charge in [0.2, 0.25) is 0 Å². The zero-order valence-electron chi connectivity index (χ0n) is 17.0. The largest absolute Gasteiger partial charge is 0.451 e. The van der Waals surface area contributed by atoms with Gasteiger partial charge in [-0.1, -0.05) is 32.0 Å². The summed E-state index contributed by atoms with van der Waals surface area (Å²) in [5.74, 6) is -0.126. The van der Waals surface area contributed by atoms with E-state index >= 15 is 0 Å². The lowest BCUT2D eigenvalue weighted by molar-refractivity contribution is -0.134. The highest BCUT2D eigenvalue weighted by atomic mass is 32.1. The number of anilines is 2. The predicted octanol–water partition coefficient (Wildman–Crippen LogP) is 3.11. The lowest BCUT2D eigenvalue weighted by atomic mass is 10.1. The van der Waals surface area contributed by atoms with E-state index in [2.05, 4.69) is 41.2 Å². The molecule has 0 bridgehead atoms. The molecule has 1 N–H and O–H groups in total. The molecular weight excluding hydrogens is 388 g/mol. The number of nitrogens with zero attached hydrogens (tertiary/aromatic N) is 3. The molecule has 0 radical (unpaired) electrons. The Morgan fingerprint density at radius 2 is 1.90 bits per heavy atom. The molecule has 1 amide bonds. The molecule has 3 rings (SSSR count). The van der Waals surface area contributed by atoms with Gasteiger partial charge in [-0.15, -0.1) is 11.3 Å². The second-order valence-electron chi connectivity index (χ2n) is 7.43. The monoisotopic (exact) mass is 416 g/mol. The van der Waals surface area contributed by atoms with Crippen molar-refractivity contribution in [2.24, 2.45) is 5.92 Å². The number of carbonyl (C=O) groups is 2. The predicted molar refractivity (Wildman–Crippen MR) is 116 cm³/mol. The van der Waals surface area contributed by atoms with Crippen LogP contribution in [0.3, 0.4) is 0 Å². The van der Waals surface area contributed by atoms with E-state index in [1.165, 1.54) is 11.3 Å². The fourth-order valence-electron chi connectivity index (χ4n) is 3.06. The van der Waals surface area contributed by atoms with Crippen LogP contribution in [0.2, 0.25) is 0 Å². The number of thiazole rings is 1. The van der Waals surface area contributed by atoms with Crippen molar-refractivity contribution < 1.29 is 14.3 Å². The van der Waals surface area contributed by atoms with Crippen molar-refractivity contribution in [1.29, 1.82) is 0 Å². The molecule has 0 saturated carbocycles. The molecule has 1 aromatic heterocycles. The zero-order valence-corrected chi connectivity index (χ0v) is 17.8. The standard InChI is InChI=1S/C21H28N4O3S/c1-16(2)8-9-22-21-23-18(15-29-21)20(27)28-14-19(26)25-12-10-24(11-13-25)17-6-4-3-5-7-17/h3-7,15-16H,8-14H2,1-2H3,(H,22,23). The van der Waals surface area contributed by atoms with Crippen LogP contribution >= 0.6 is 11.3 Å². The van der Waals surface area contributed by atoms with Gasteiger partial charge in [0.15, 0.2) is 17.4 Å². The average molecular weight is 417 g/mol. The van der Waals surface area contributed by atoms with Gasteiger partial charge < -0.3 is 19.9 Å². The van der Waals surface area contributed by atoms with Crippen LogP contribution in [0.5, 0.6) is 0 Å². The molecule has 1 aliphatic heterocycles. The Labute approximate surface area is 175 Å². The maximum absolute atomic E-state index is 12.4. The van der Waals surface area contributed by atoms with E-state index in [1.54, 1.807) is 10.3 Å². The van der Waals surface area contributed by atoms with E-state index in [0.717, 1.165) is 31.7 Å². The van der Waals surface area contributed by atoms with E-state index < -0.39 is 5.97 Å². The SMILES string of the molecule is CC(C)CCNc1nc(C(=O)OCC(=O)N2CCN(c3ccccc3)CC2)cs1. The molecule has 156 valence electrons. The summed E-state index contributed by atoms with van der Waals surface area (Å²) in [6.07, 6.45) is 1.03. The first-order valence-corrected chi connectivity index (χ1v) is 10.8. The van der Waals surface area contributed by atoms with Gasteiger partial charge in [0, 0.05) is 43.8 Å². The number of ether oxygens (including phenoxy) is 1. The first-order chi connectivity index (χ1) is 14.0. The second kappa shape index (κ2) is 10.2. The fraction of sp³-hybridized carbons (Fsp3) is 0.476. The van der Waals surface area contributed by atoms with Gasteiger partial charge in [-0.2, -0.15) is 0 Å². The van der Waals surface area contributed by atoms with Crippen molar-refractivity contribution in [2.75, 3.05) is 49.5 Å². The summed E-state index contributed by atoms with van der Waals surface area (Å²) in [5.41, 5.74) is 1.40. The summed E-state index contributed by atoms with van der Waals surface area (Å²) >= 11 is 1.37. The highest BCUT2D eigenvalue weighted by Crippen LogP contribution is 2.17. The third-order valence-corrected chi connectivity index (χ3v) is 5.59. The number of amides is 1. The molecule has 8 heteroatoms. The van der Waals surface area contributed by atoms with Gasteiger partial charge in [0.05, 0.1) is 0 Å². The molecule has 29 heavy (non-hydrogen) atoms. The van der Waals surface area contributed by atoms with Gasteiger partial charge >= 0.3 is 5.97 Å². The summed E-state index contributed by atoms with van der Waals surface area (Å²) in [5, 5.41) is 5.56. The topological polar surface area (TPSA) is 74.8 Å². The van der Waals surface area contributed by atoms with Crippen LogP contribution in [0.1, 0.15) is 30.8 Å². The van der Waals surface area contributed by atoms with E-state index in [1.807, 2.05) is 18.2 Å². The molecule has 7 nitrogen and oxygen atoms in total. The molecule has 1 fully saturated rings. The summed E-state index contributed by atoms with van der Waals surface area (Å²) in [6.45, 7) is 7.64. The molecule has 1 saturated heterocycles. The number of hydrogen-bond acceptors (Lipinski definition) is 7. The Kier molecular flexibility index (Phi) is 7.46. The highest BCUT2D eigenvalue weighted by Gasteiger charge is 2.23. The van der Waals surface area contributed by atoms with Crippen LogP contribution in [0.4, 0.5) is 10.8 Å². The van der Waals surface area contributed by atoms with Crippen molar-refractivity contribution in [1.82, 2.24) is 9.88 Å². The molecule has 1 aliphatic rings. The first kappa shape index (κ1) is 21.1. The Balaban J connectivity index is 1.40. The van der Waals surface area contributed by atoms with Crippen molar-refractivity contribution in [3.8, 4) is 0 Å². The number of nitrogens with one attached hydrogen (secondary N) is 1. The molecular formula is C21H28N4O3S. The number of hydrogen-bond donors (Lipinski definition) is 1. The molecule has 0 atom stereocenters. The minimum atomic E-state index is -0.561. The van der Waals surface area contributed by atoms with Crippen LogP contribution in [-0.4, -0.2) is 61.1 Å². The Morgan fingerprint density at radius 1 is 1.17 bits per heavy atom. The smallest absolute Gasteiger partial charge is 0.358 e. The third kappa shape index (κ3) is 6.19. The Morgan fingerprint density at radius 3 is 2.59 bits per heavy atom. The van der Waals surface area contributed by atoms with Crippen LogP contribution in [0.25, 0.3) is 0 Å². The van der Waals surface area contributed by atoms with Crippen molar-refractivity contribution in [3.63, 3.8) is 0 Å². The number of benzene rings is 1. The van der Waals surface area contributed by atoms with Gasteiger partial charge in [0.25, 0.3) is 5.91 Å². The Hall–Kier alpha value is -2.61. The molecule has 2 aromatic rings. The van der Waals surface area contributed by atoms with E-state index in [0.29, 0.717) is 24.1 Å². The molecule has 0 unspecified atom stereocenters. The van der Waals surface area contributed by atoms with E-state index in [9.17, 15) is 9.59 Å². The van der Waals surface area contributed by atoms with Crippen molar-refractivity contribution in [2.45, 2.75) is 20.3 Å². The Bertz CT molecular complexity index is 801. The minimum Gasteiger partial charge on any atom is -0.451 e. The maximum atomic E-state index is 12.4. The summed E-state index contributed by atoms with van der Waals surface area (Å²) in [6, 6.07) is 10.1. The quantitative estimate of drug-likeness (QED) is 0.667. The second-order valence-corrected chi connectivity index (χ2v) is 8.28. The van der Waals surface area contributed by atoms with E-state index in [-0.39, 0.29) is 18.2 Å². The lowest BCUT2D eigenvalue weighted by Crippen LogP contribution is -2.49. The van der Waals surface area contributed by atoms with Gasteiger partial charge in [-0.25, -0.2) is 9.78 Å². The first-order valence-electron chi connectivity index (χ1n) is 9.97. The average Bonchev–Trinajstić information content (AvgIpc) is 3.21. The number of para-hydroxylation sites is 1. The summed E-state index contributed by atoms with van der Waals surface area (Å²) in [7, 11) is 0. The fourth-order valence-corrected chi connectivity index (χ4v) is 3.77. The van der Waals surface area contributed by atoms with Crippen LogP contribution in [0, 0.1) is 5.92 Å². The van der Waals surface area contributed by atoms with E-state index in [4.69, 9.17) is 4.74 Å². The summed E-state index contributed by atoms with van der Waals surface area (Å²) in [4.78, 5) is 32.8. The zero-order chi connectivity index (χ0) is 20.6. The van der Waals surface area contributed by atoms with Crippen LogP contribution in [-0.2, 0) is 9.53 Å². The summed E-state index contributed by atoms with van der Waals surface area (Å²) < 4.78 is 5.18. The molecule has 0 aliphatic carbocycles. The highest BCUT2D eigenvalue weighted by molar-refractivity contribution is 7.13. The molecule has 2 heterocycles. The van der Waals surface area contributed by atoms with Crippen molar-refractivity contribution >= 4 is 34.0 Å². The maximum Gasteiger partial charge on any atom is 0.358 e. The lowest BCUT2D eigenvalue weighted by Gasteiger charge is -2.36. The van der Waals surface area contributed by atoms with Crippen molar-refractivity contribution in [3.05, 3.63) is 41.4 Å². The van der Waals surface area contributed by atoms with Crippen LogP contribution < -0.4 is 10.2 Å². The third-order valence-electron chi connectivity index (χ3n) is 4.79. The number of rotatable bonds is 8. The number of piperazine rings is 1. The van der Waals surface area contributed by atoms with Gasteiger partial charge in [-0.3, -0.25) is 4.79 Å².